The Morgan fingerprint density at radius 1 is 1.26 bits per heavy atom. The van der Waals surface area contributed by atoms with Gasteiger partial charge in [0.25, 0.3) is 0 Å². The van der Waals surface area contributed by atoms with Crippen molar-refractivity contribution in [3.63, 3.8) is 0 Å². The van der Waals surface area contributed by atoms with E-state index in [4.69, 9.17) is 0 Å². The van der Waals surface area contributed by atoms with Gasteiger partial charge in [-0.05, 0) is 31.5 Å². The van der Waals surface area contributed by atoms with Crippen LogP contribution in [0.1, 0.15) is 22.8 Å². The van der Waals surface area contributed by atoms with Crippen LogP contribution in [0.3, 0.4) is 0 Å². The first-order valence-electron chi connectivity index (χ1n) is 6.15. The van der Waals surface area contributed by atoms with Crippen LogP contribution in [0.25, 0.3) is 0 Å². The zero-order valence-electron chi connectivity index (χ0n) is 11.0. The monoisotopic (exact) mass is 256 g/mol. The van der Waals surface area contributed by atoms with Crippen molar-refractivity contribution in [1.82, 2.24) is 4.98 Å². The maximum Gasteiger partial charge on any atom is 0.337 e. The van der Waals surface area contributed by atoms with Gasteiger partial charge < -0.3 is 10.0 Å². The predicted octanol–water partition coefficient (Wildman–Crippen LogP) is 3.25. The summed E-state index contributed by atoms with van der Waals surface area (Å²) in [5, 5.41) is 9.27. The smallest absolute Gasteiger partial charge is 0.337 e. The molecule has 2 rings (SSSR count). The number of anilines is 2. The molecule has 0 spiro atoms. The number of pyridine rings is 1. The molecule has 4 heteroatoms. The summed E-state index contributed by atoms with van der Waals surface area (Å²) in [6.45, 7) is 4.68. The Bertz CT molecular complexity index is 596. The van der Waals surface area contributed by atoms with Crippen LogP contribution in [0.5, 0.6) is 0 Å². The number of aromatic carboxylic acids is 1. The van der Waals surface area contributed by atoms with Crippen molar-refractivity contribution in [1.29, 1.82) is 0 Å². The third kappa shape index (κ3) is 2.57. The molecule has 1 aromatic carbocycles. The van der Waals surface area contributed by atoms with Crippen LogP contribution in [-0.4, -0.2) is 22.6 Å². The first-order chi connectivity index (χ1) is 9.15. The summed E-state index contributed by atoms with van der Waals surface area (Å²) in [4.78, 5) is 17.3. The van der Waals surface area contributed by atoms with Gasteiger partial charge in [0.2, 0.25) is 0 Å². The van der Waals surface area contributed by atoms with Gasteiger partial charge in [-0.1, -0.05) is 18.2 Å². The molecule has 0 unspecified atom stereocenters. The van der Waals surface area contributed by atoms with E-state index in [1.165, 1.54) is 12.3 Å². The summed E-state index contributed by atoms with van der Waals surface area (Å²) in [6.07, 6.45) is 3.10. The second-order valence-corrected chi connectivity index (χ2v) is 4.23. The number of nitrogens with zero attached hydrogens (tertiary/aromatic N) is 2. The average Bonchev–Trinajstić information content (AvgIpc) is 2.42. The van der Waals surface area contributed by atoms with Crippen molar-refractivity contribution in [2.75, 3.05) is 11.4 Å². The topological polar surface area (TPSA) is 53.4 Å². The van der Waals surface area contributed by atoms with Crippen LogP contribution in [0.2, 0.25) is 0 Å². The molecule has 1 heterocycles. The highest BCUT2D eigenvalue weighted by atomic mass is 16.4. The zero-order chi connectivity index (χ0) is 13.8. The van der Waals surface area contributed by atoms with Crippen LogP contribution in [0, 0.1) is 6.92 Å². The summed E-state index contributed by atoms with van der Waals surface area (Å²) >= 11 is 0. The van der Waals surface area contributed by atoms with E-state index < -0.39 is 5.97 Å². The molecule has 4 nitrogen and oxygen atoms in total. The minimum atomic E-state index is -0.940. The lowest BCUT2D eigenvalue weighted by Crippen LogP contribution is -2.20. The molecule has 0 fully saturated rings. The van der Waals surface area contributed by atoms with Crippen molar-refractivity contribution in [3.05, 3.63) is 53.9 Å². The number of hydrogen-bond acceptors (Lipinski definition) is 3. The number of para-hydroxylation sites is 1. The molecule has 0 saturated heterocycles. The Morgan fingerprint density at radius 3 is 2.63 bits per heavy atom. The standard InChI is InChI=1S/C15H16N2O2/c1-3-17(13-7-5-4-6-11(13)2)14-10-16-9-8-12(14)15(18)19/h4-10H,3H2,1-2H3,(H,18,19). The molecule has 1 aromatic heterocycles. The van der Waals surface area contributed by atoms with Crippen LogP contribution in [-0.2, 0) is 0 Å². The molecule has 0 amide bonds. The molecule has 98 valence electrons. The molecular weight excluding hydrogens is 240 g/mol. The van der Waals surface area contributed by atoms with E-state index in [1.807, 2.05) is 43.0 Å². The Labute approximate surface area is 112 Å². The van der Waals surface area contributed by atoms with E-state index in [9.17, 15) is 9.90 Å². The SMILES string of the molecule is CCN(c1ccccc1C)c1cnccc1C(=O)O. The summed E-state index contributed by atoms with van der Waals surface area (Å²) in [6, 6.07) is 9.43. The maximum atomic E-state index is 11.3. The molecule has 0 aliphatic rings. The lowest BCUT2D eigenvalue weighted by Gasteiger charge is -2.25. The molecule has 0 radical (unpaired) electrons. The van der Waals surface area contributed by atoms with Crippen molar-refractivity contribution in [2.45, 2.75) is 13.8 Å². The third-order valence-corrected chi connectivity index (χ3v) is 3.04. The van der Waals surface area contributed by atoms with Gasteiger partial charge >= 0.3 is 5.97 Å². The number of carboxylic acids is 1. The summed E-state index contributed by atoms with van der Waals surface area (Å²) in [5.74, 6) is -0.940. The Hall–Kier alpha value is -2.36. The summed E-state index contributed by atoms with van der Waals surface area (Å²) in [7, 11) is 0. The lowest BCUT2D eigenvalue weighted by atomic mass is 10.1. The molecule has 2 aromatic rings. The molecule has 0 aliphatic heterocycles. The van der Waals surface area contributed by atoms with Gasteiger partial charge in [-0.25, -0.2) is 4.79 Å². The van der Waals surface area contributed by atoms with E-state index in [2.05, 4.69) is 4.98 Å². The van der Waals surface area contributed by atoms with Crippen LogP contribution >= 0.6 is 0 Å². The highest BCUT2D eigenvalue weighted by Gasteiger charge is 2.17. The number of rotatable bonds is 4. The molecule has 0 bridgehead atoms. The Balaban J connectivity index is 2.55. The highest BCUT2D eigenvalue weighted by Crippen LogP contribution is 2.29. The number of aryl methyl sites for hydroxylation is 1. The van der Waals surface area contributed by atoms with Crippen molar-refractivity contribution in [3.8, 4) is 0 Å². The predicted molar refractivity (Wildman–Crippen MR) is 75.1 cm³/mol. The van der Waals surface area contributed by atoms with Gasteiger partial charge in [0, 0.05) is 18.4 Å². The van der Waals surface area contributed by atoms with E-state index in [-0.39, 0.29) is 5.56 Å². The highest BCUT2D eigenvalue weighted by molar-refractivity contribution is 5.95. The number of aromatic nitrogens is 1. The van der Waals surface area contributed by atoms with Crippen molar-refractivity contribution >= 4 is 17.3 Å². The molecule has 1 N–H and O–H groups in total. The normalized spacial score (nSPS) is 10.2. The molecule has 0 atom stereocenters. The number of carboxylic acid groups (broad SMARTS) is 1. The fourth-order valence-corrected chi connectivity index (χ4v) is 2.12. The van der Waals surface area contributed by atoms with E-state index in [0.717, 1.165) is 11.3 Å². The minimum absolute atomic E-state index is 0.264. The molecule has 0 aliphatic carbocycles. The van der Waals surface area contributed by atoms with Gasteiger partial charge in [-0.2, -0.15) is 0 Å². The van der Waals surface area contributed by atoms with Crippen LogP contribution in [0.4, 0.5) is 11.4 Å². The fourth-order valence-electron chi connectivity index (χ4n) is 2.12. The van der Waals surface area contributed by atoms with Gasteiger partial charge in [0.15, 0.2) is 0 Å². The second kappa shape index (κ2) is 5.52. The zero-order valence-corrected chi connectivity index (χ0v) is 11.0. The van der Waals surface area contributed by atoms with Crippen molar-refractivity contribution in [2.24, 2.45) is 0 Å². The number of benzene rings is 1. The summed E-state index contributed by atoms with van der Waals surface area (Å²) < 4.78 is 0. The second-order valence-electron chi connectivity index (χ2n) is 4.23. The van der Waals surface area contributed by atoms with Crippen LogP contribution < -0.4 is 4.90 Å². The van der Waals surface area contributed by atoms with E-state index >= 15 is 0 Å². The lowest BCUT2D eigenvalue weighted by molar-refractivity contribution is 0.0697. The van der Waals surface area contributed by atoms with Gasteiger partial charge in [-0.3, -0.25) is 4.98 Å². The molecule has 0 saturated carbocycles. The number of carbonyl (C=O) groups is 1. The van der Waals surface area contributed by atoms with Gasteiger partial charge in [-0.15, -0.1) is 0 Å². The Kier molecular flexibility index (Phi) is 3.80. The quantitative estimate of drug-likeness (QED) is 0.912. The Morgan fingerprint density at radius 2 is 2.00 bits per heavy atom. The fraction of sp³-hybridized carbons (Fsp3) is 0.200. The van der Waals surface area contributed by atoms with E-state index in [1.54, 1.807) is 6.20 Å². The number of hydrogen-bond donors (Lipinski definition) is 1. The maximum absolute atomic E-state index is 11.3. The van der Waals surface area contributed by atoms with Crippen molar-refractivity contribution < 1.29 is 9.90 Å². The third-order valence-electron chi connectivity index (χ3n) is 3.04. The minimum Gasteiger partial charge on any atom is -0.478 e. The molecule has 19 heavy (non-hydrogen) atoms. The molecular formula is C15H16N2O2. The average molecular weight is 256 g/mol. The van der Waals surface area contributed by atoms with Gasteiger partial charge in [0.05, 0.1) is 17.4 Å². The summed E-state index contributed by atoms with van der Waals surface area (Å²) in [5.41, 5.74) is 2.98. The first kappa shape index (κ1) is 13.1. The van der Waals surface area contributed by atoms with Crippen LogP contribution in [0.15, 0.2) is 42.7 Å². The largest absolute Gasteiger partial charge is 0.478 e. The van der Waals surface area contributed by atoms with E-state index in [0.29, 0.717) is 12.2 Å². The van der Waals surface area contributed by atoms with Gasteiger partial charge in [0.1, 0.15) is 0 Å². The first-order valence-corrected chi connectivity index (χ1v) is 6.15.